The quantitative estimate of drug-likeness (QED) is 0.0228. The summed E-state index contributed by atoms with van der Waals surface area (Å²) < 4.78 is 0. The molecule has 0 heterocycles. The Morgan fingerprint density at radius 2 is 0.732 bits per heavy atom. The molecule has 0 aromatic heterocycles. The molecule has 0 spiro atoms. The molecule has 0 N–H and O–H groups in total. The van der Waals surface area contributed by atoms with Crippen LogP contribution in [0, 0.1) is 0 Å². The molecule has 56 heavy (non-hydrogen) atoms. The normalized spacial score (nSPS) is 11.8. The second-order valence-electron chi connectivity index (χ2n) is 17.1. The van der Waals surface area contributed by atoms with Crippen molar-refractivity contribution < 1.29 is 4.79 Å². The fraction of sp³-hybridized carbons (Fsp3) is 0.704. The summed E-state index contributed by atoms with van der Waals surface area (Å²) in [5, 5.41) is 0. The van der Waals surface area contributed by atoms with Crippen LogP contribution in [0.15, 0.2) is 35.4 Å². The smallest absolute Gasteiger partial charge is 0.303 e. The van der Waals surface area contributed by atoms with Crippen LogP contribution in [0.1, 0.15) is 254 Å². The average Bonchev–Trinajstić information content (AvgIpc) is 3.19. The fourth-order valence-electron chi connectivity index (χ4n) is 8.83. The summed E-state index contributed by atoms with van der Waals surface area (Å²) in [4.78, 5) is 3.52. The molecule has 2 aromatic rings. The highest BCUT2D eigenvalue weighted by Gasteiger charge is 2.22. The van der Waals surface area contributed by atoms with E-state index in [9.17, 15) is 5.53 Å². The topological polar surface area (TPSA) is 36.4 Å². The first-order valence-electron chi connectivity index (χ1n) is 24.4. The van der Waals surface area contributed by atoms with E-state index < -0.39 is 0 Å². The number of aryl methyl sites for hydroxylation is 4. The lowest BCUT2D eigenvalue weighted by atomic mass is 9.80. The monoisotopic (exact) mass is 765 g/mol. The SMILES string of the molecule is CCCCCCc1cc(C(=C(CCCC)C(C)=C=[N+]=[N-])c2cc(CCCCC)c(CCCCC)c(CCCCC)c2)cc(CCCCCC)c1CCCCCC. The molecule has 0 aliphatic rings. The number of benzene rings is 2. The van der Waals surface area contributed by atoms with Crippen LogP contribution < -0.4 is 0 Å². The number of hydrogen-bond donors (Lipinski definition) is 0. The van der Waals surface area contributed by atoms with E-state index in [0.717, 1.165) is 37.7 Å². The van der Waals surface area contributed by atoms with E-state index in [-0.39, 0.29) is 0 Å². The van der Waals surface area contributed by atoms with Gasteiger partial charge < -0.3 is 5.53 Å². The van der Waals surface area contributed by atoms with E-state index in [1.165, 1.54) is 183 Å². The Labute approximate surface area is 348 Å². The minimum atomic E-state index is 0.964. The Bertz CT molecular complexity index is 1410. The number of rotatable bonds is 33. The van der Waals surface area contributed by atoms with Crippen molar-refractivity contribution in [2.75, 3.05) is 0 Å². The Morgan fingerprint density at radius 3 is 1.07 bits per heavy atom. The van der Waals surface area contributed by atoms with E-state index in [2.05, 4.69) is 90.3 Å². The predicted molar refractivity (Wildman–Crippen MR) is 249 cm³/mol. The highest BCUT2D eigenvalue weighted by atomic mass is 14.8. The molecular formula is C54H88N2. The van der Waals surface area contributed by atoms with E-state index >= 15 is 0 Å². The van der Waals surface area contributed by atoms with E-state index in [1.54, 1.807) is 33.4 Å². The maximum absolute atomic E-state index is 9.90. The van der Waals surface area contributed by atoms with Gasteiger partial charge in [-0.2, -0.15) is 0 Å². The van der Waals surface area contributed by atoms with Crippen LogP contribution in [-0.2, 0) is 38.5 Å². The van der Waals surface area contributed by atoms with Crippen molar-refractivity contribution in [3.05, 3.63) is 85.5 Å². The minimum Gasteiger partial charge on any atom is -0.348 e. The predicted octanol–water partition coefficient (Wildman–Crippen LogP) is 17.1. The third-order valence-electron chi connectivity index (χ3n) is 12.2. The summed E-state index contributed by atoms with van der Waals surface area (Å²) in [5.41, 5.74) is 26.1. The third kappa shape index (κ3) is 17.9. The molecule has 0 fully saturated rings. The number of unbranched alkanes of at least 4 members (excludes halogenated alkanes) is 16. The molecule has 0 aliphatic heterocycles. The Balaban J connectivity index is 3.13. The summed E-state index contributed by atoms with van der Waals surface area (Å²) in [5.74, 6) is 3.05. The van der Waals surface area contributed by atoms with Gasteiger partial charge in [-0.3, -0.25) is 0 Å². The van der Waals surface area contributed by atoms with Crippen molar-refractivity contribution in [2.45, 2.75) is 248 Å². The molecule has 0 atom stereocenters. The van der Waals surface area contributed by atoms with Crippen LogP contribution in [0.25, 0.3) is 11.1 Å². The molecule has 0 saturated heterocycles. The molecule has 314 valence electrons. The van der Waals surface area contributed by atoms with Crippen LogP contribution in [0.5, 0.6) is 0 Å². The maximum atomic E-state index is 9.90. The molecule has 2 nitrogen and oxygen atoms in total. The zero-order valence-corrected chi connectivity index (χ0v) is 38.4. The molecule has 2 heteroatoms. The molecule has 2 rings (SSSR count). The number of nitrogens with zero attached hydrogens (tertiary/aromatic N) is 2. The molecule has 0 unspecified atom stereocenters. The fourth-order valence-corrected chi connectivity index (χ4v) is 8.83. The summed E-state index contributed by atoms with van der Waals surface area (Å²) in [6.45, 7) is 18.4. The van der Waals surface area contributed by atoms with Crippen molar-refractivity contribution in [3.8, 4) is 0 Å². The van der Waals surface area contributed by atoms with Gasteiger partial charge in [-0.25, -0.2) is 0 Å². The van der Waals surface area contributed by atoms with Gasteiger partial charge in [0, 0.05) is 0 Å². The maximum Gasteiger partial charge on any atom is 0.303 e. The first kappa shape index (κ1) is 49.5. The summed E-state index contributed by atoms with van der Waals surface area (Å²) in [7, 11) is 0. The van der Waals surface area contributed by atoms with Crippen molar-refractivity contribution in [3.63, 3.8) is 0 Å². The summed E-state index contributed by atoms with van der Waals surface area (Å²) in [6, 6.07) is 10.5. The van der Waals surface area contributed by atoms with Gasteiger partial charge in [-0.05, 0) is 152 Å². The van der Waals surface area contributed by atoms with Gasteiger partial charge >= 0.3 is 5.87 Å². The van der Waals surface area contributed by atoms with Gasteiger partial charge in [-0.15, -0.1) is 4.79 Å². The van der Waals surface area contributed by atoms with Crippen LogP contribution in [0.4, 0.5) is 0 Å². The van der Waals surface area contributed by atoms with Crippen molar-refractivity contribution >= 4 is 11.4 Å². The number of allylic oxidation sites excluding steroid dienone is 2. The number of hydrogen-bond acceptors (Lipinski definition) is 0. The summed E-state index contributed by atoms with van der Waals surface area (Å²) in [6.07, 6.45) is 37.2. The van der Waals surface area contributed by atoms with Gasteiger partial charge in [0.05, 0.1) is 5.57 Å². The molecule has 0 aliphatic carbocycles. The third-order valence-corrected chi connectivity index (χ3v) is 12.2. The molecule has 0 amide bonds. The van der Waals surface area contributed by atoms with Gasteiger partial charge in [0.1, 0.15) is 0 Å². The van der Waals surface area contributed by atoms with Crippen molar-refractivity contribution in [2.24, 2.45) is 0 Å². The van der Waals surface area contributed by atoms with Gasteiger partial charge in [0.15, 0.2) is 0 Å². The second-order valence-corrected chi connectivity index (χ2v) is 17.1. The van der Waals surface area contributed by atoms with Gasteiger partial charge in [-0.1, -0.05) is 175 Å². The zero-order chi connectivity index (χ0) is 40.8. The van der Waals surface area contributed by atoms with Gasteiger partial charge in [0.25, 0.3) is 0 Å². The lowest BCUT2D eigenvalue weighted by Gasteiger charge is -2.24. The first-order chi connectivity index (χ1) is 27.4. The minimum absolute atomic E-state index is 0.964. The van der Waals surface area contributed by atoms with Crippen LogP contribution in [-0.4, -0.2) is 10.7 Å². The highest BCUT2D eigenvalue weighted by molar-refractivity contribution is 5.88. The molecule has 2 aromatic carbocycles. The molecular weight excluding hydrogens is 677 g/mol. The lowest BCUT2D eigenvalue weighted by Crippen LogP contribution is -2.08. The van der Waals surface area contributed by atoms with E-state index in [0.29, 0.717) is 0 Å². The first-order valence-corrected chi connectivity index (χ1v) is 24.4. The standard InChI is InChI=1S/C54H88N2/c1-9-16-23-29-34-47-41-50(42-48(35-30-24-17-10-2)53(47)38-31-25-18-11-3)54(51(36-22-15-7)44(8)43-56-55)49-39-45(32-26-19-12-4)52(37-28-21-14-6)46(40-49)33-27-20-13-5/h39-42H,9-38H2,1-8H3. The zero-order valence-electron chi connectivity index (χ0n) is 38.4. The van der Waals surface area contributed by atoms with Crippen LogP contribution >= 0.6 is 0 Å². The largest absolute Gasteiger partial charge is 0.348 e. The van der Waals surface area contributed by atoms with Gasteiger partial charge in [0.2, 0.25) is 0 Å². The molecule has 0 radical (unpaired) electrons. The van der Waals surface area contributed by atoms with Crippen molar-refractivity contribution in [1.29, 1.82) is 0 Å². The lowest BCUT2D eigenvalue weighted by molar-refractivity contribution is 0.00752. The molecule has 0 saturated carbocycles. The second kappa shape index (κ2) is 31.3. The van der Waals surface area contributed by atoms with Crippen LogP contribution in [0.3, 0.4) is 0 Å². The van der Waals surface area contributed by atoms with E-state index in [4.69, 9.17) is 0 Å². The van der Waals surface area contributed by atoms with E-state index in [1.807, 2.05) is 0 Å². The van der Waals surface area contributed by atoms with Crippen molar-refractivity contribution in [1.82, 2.24) is 0 Å². The highest BCUT2D eigenvalue weighted by Crippen LogP contribution is 2.38. The summed E-state index contributed by atoms with van der Waals surface area (Å²) >= 11 is 0. The molecule has 0 bridgehead atoms. The Hall–Kier alpha value is -2.66. The Kier molecular flexibility index (Phi) is 27.7. The van der Waals surface area contributed by atoms with Crippen LogP contribution in [0.2, 0.25) is 0 Å². The average molecular weight is 765 g/mol. The Morgan fingerprint density at radius 1 is 0.429 bits per heavy atom.